The number of hydrogen-bond donors (Lipinski definition) is 1. The van der Waals surface area contributed by atoms with Crippen LogP contribution < -0.4 is 0 Å². The number of rotatable bonds is 8. The van der Waals surface area contributed by atoms with Crippen molar-refractivity contribution in [2.75, 3.05) is 19.6 Å². The molecule has 0 atom stereocenters. The topological polar surface area (TPSA) is 40.5 Å². The summed E-state index contributed by atoms with van der Waals surface area (Å²) in [5, 5.41) is 8.76. The smallest absolute Gasteiger partial charge is 0.304 e. The largest absolute Gasteiger partial charge is 0.481 e. The van der Waals surface area contributed by atoms with Gasteiger partial charge in [0.2, 0.25) is 0 Å². The van der Waals surface area contributed by atoms with Crippen LogP contribution in [0.1, 0.15) is 25.8 Å². The monoisotopic (exact) mass is 249 g/mol. The number of aliphatic carboxylic acids is 1. The molecule has 18 heavy (non-hydrogen) atoms. The lowest BCUT2D eigenvalue weighted by atomic mass is 10.1. The second-order valence-corrected chi connectivity index (χ2v) is 5.07. The fraction of sp³-hybridized carbons (Fsp3) is 0.533. The van der Waals surface area contributed by atoms with E-state index in [9.17, 15) is 4.79 Å². The van der Waals surface area contributed by atoms with Gasteiger partial charge in [-0.3, -0.25) is 4.79 Å². The molecule has 1 aromatic rings. The van der Waals surface area contributed by atoms with Gasteiger partial charge in [-0.05, 0) is 17.9 Å². The average Bonchev–Trinajstić information content (AvgIpc) is 2.33. The molecule has 0 heterocycles. The van der Waals surface area contributed by atoms with Crippen LogP contribution in [0, 0.1) is 5.92 Å². The molecule has 0 aliphatic heterocycles. The van der Waals surface area contributed by atoms with Gasteiger partial charge in [0.15, 0.2) is 0 Å². The summed E-state index contributed by atoms with van der Waals surface area (Å²) in [4.78, 5) is 12.9. The molecule has 0 unspecified atom stereocenters. The third-order valence-corrected chi connectivity index (χ3v) is 2.82. The van der Waals surface area contributed by atoms with Gasteiger partial charge in [-0.1, -0.05) is 44.2 Å². The van der Waals surface area contributed by atoms with E-state index in [4.69, 9.17) is 5.11 Å². The predicted molar refractivity (Wildman–Crippen MR) is 73.7 cm³/mol. The van der Waals surface area contributed by atoms with Gasteiger partial charge in [0.25, 0.3) is 0 Å². The van der Waals surface area contributed by atoms with Crippen molar-refractivity contribution >= 4 is 5.97 Å². The number of hydrogen-bond acceptors (Lipinski definition) is 2. The average molecular weight is 249 g/mol. The molecule has 0 radical (unpaired) electrons. The summed E-state index contributed by atoms with van der Waals surface area (Å²) in [5.74, 6) is -0.155. The van der Waals surface area contributed by atoms with Crippen LogP contribution in [-0.4, -0.2) is 35.6 Å². The van der Waals surface area contributed by atoms with E-state index >= 15 is 0 Å². The van der Waals surface area contributed by atoms with Crippen molar-refractivity contribution in [1.29, 1.82) is 0 Å². The molecule has 100 valence electrons. The highest BCUT2D eigenvalue weighted by atomic mass is 16.4. The van der Waals surface area contributed by atoms with Gasteiger partial charge < -0.3 is 10.0 Å². The Balaban J connectivity index is 2.42. The van der Waals surface area contributed by atoms with Gasteiger partial charge in [-0.2, -0.15) is 0 Å². The highest BCUT2D eigenvalue weighted by Gasteiger charge is 2.09. The first-order chi connectivity index (χ1) is 8.58. The Bertz CT molecular complexity index is 349. The van der Waals surface area contributed by atoms with E-state index < -0.39 is 5.97 Å². The van der Waals surface area contributed by atoms with Crippen LogP contribution >= 0.6 is 0 Å². The molecule has 0 aromatic heterocycles. The molecule has 3 heteroatoms. The number of benzene rings is 1. The van der Waals surface area contributed by atoms with E-state index in [1.807, 2.05) is 18.2 Å². The fourth-order valence-corrected chi connectivity index (χ4v) is 2.00. The zero-order chi connectivity index (χ0) is 13.4. The van der Waals surface area contributed by atoms with Gasteiger partial charge >= 0.3 is 5.97 Å². The van der Waals surface area contributed by atoms with E-state index in [0.29, 0.717) is 12.5 Å². The summed E-state index contributed by atoms with van der Waals surface area (Å²) in [5.41, 5.74) is 1.31. The summed E-state index contributed by atoms with van der Waals surface area (Å²) in [6.45, 7) is 6.85. The zero-order valence-electron chi connectivity index (χ0n) is 11.3. The maximum atomic E-state index is 10.6. The van der Waals surface area contributed by atoms with Crippen LogP contribution in [0.4, 0.5) is 0 Å². The van der Waals surface area contributed by atoms with Crippen LogP contribution in [0.25, 0.3) is 0 Å². The molecular weight excluding hydrogens is 226 g/mol. The molecule has 1 rings (SSSR count). The normalized spacial score (nSPS) is 11.1. The molecule has 1 N–H and O–H groups in total. The number of carboxylic acids is 1. The summed E-state index contributed by atoms with van der Waals surface area (Å²) in [6, 6.07) is 10.3. The molecule has 3 nitrogen and oxygen atoms in total. The second kappa shape index (κ2) is 7.88. The van der Waals surface area contributed by atoms with Crippen LogP contribution in [0.3, 0.4) is 0 Å². The van der Waals surface area contributed by atoms with Crippen molar-refractivity contribution in [3.05, 3.63) is 35.9 Å². The first kappa shape index (κ1) is 14.7. The summed E-state index contributed by atoms with van der Waals surface area (Å²) < 4.78 is 0. The van der Waals surface area contributed by atoms with Crippen molar-refractivity contribution in [3.8, 4) is 0 Å². The van der Waals surface area contributed by atoms with Crippen molar-refractivity contribution in [3.63, 3.8) is 0 Å². The molecule has 0 saturated carbocycles. The Hall–Kier alpha value is -1.35. The lowest BCUT2D eigenvalue weighted by Crippen LogP contribution is -2.32. The zero-order valence-corrected chi connectivity index (χ0v) is 11.3. The highest BCUT2D eigenvalue weighted by molar-refractivity contribution is 5.66. The van der Waals surface area contributed by atoms with Crippen LogP contribution in [0.5, 0.6) is 0 Å². The van der Waals surface area contributed by atoms with Crippen molar-refractivity contribution < 1.29 is 9.90 Å². The molecule has 0 spiro atoms. The van der Waals surface area contributed by atoms with E-state index in [-0.39, 0.29) is 6.42 Å². The van der Waals surface area contributed by atoms with Gasteiger partial charge in [0.05, 0.1) is 6.42 Å². The van der Waals surface area contributed by atoms with Crippen molar-refractivity contribution in [2.24, 2.45) is 5.92 Å². The molecule has 0 bridgehead atoms. The van der Waals surface area contributed by atoms with Gasteiger partial charge in [0, 0.05) is 19.6 Å². The minimum absolute atomic E-state index is 0.224. The Kier molecular flexibility index (Phi) is 6.44. The van der Waals surface area contributed by atoms with Gasteiger partial charge in [-0.25, -0.2) is 0 Å². The lowest BCUT2D eigenvalue weighted by Gasteiger charge is -2.23. The molecule has 0 amide bonds. The SMILES string of the molecule is CC(C)CN(CCC(=O)O)CCc1ccccc1. The summed E-state index contributed by atoms with van der Waals surface area (Å²) in [6.07, 6.45) is 1.20. The fourth-order valence-electron chi connectivity index (χ4n) is 2.00. The predicted octanol–water partition coefficient (Wildman–Crippen LogP) is 2.66. The highest BCUT2D eigenvalue weighted by Crippen LogP contribution is 2.05. The van der Waals surface area contributed by atoms with E-state index in [2.05, 4.69) is 30.9 Å². The summed E-state index contributed by atoms with van der Waals surface area (Å²) in [7, 11) is 0. The molecule has 0 aliphatic rings. The molecule has 0 fully saturated rings. The Morgan fingerprint density at radius 3 is 2.44 bits per heavy atom. The third-order valence-electron chi connectivity index (χ3n) is 2.82. The number of carbonyl (C=O) groups is 1. The van der Waals surface area contributed by atoms with Crippen LogP contribution in [0.15, 0.2) is 30.3 Å². The lowest BCUT2D eigenvalue weighted by molar-refractivity contribution is -0.137. The quantitative estimate of drug-likeness (QED) is 0.770. The minimum atomic E-state index is -0.719. The van der Waals surface area contributed by atoms with E-state index in [1.54, 1.807) is 0 Å². The Labute approximate surface area is 109 Å². The minimum Gasteiger partial charge on any atom is -0.481 e. The molecule has 1 aromatic carbocycles. The molecule has 0 saturated heterocycles. The molecule has 0 aliphatic carbocycles. The van der Waals surface area contributed by atoms with Crippen LogP contribution in [0.2, 0.25) is 0 Å². The maximum absolute atomic E-state index is 10.6. The third kappa shape index (κ3) is 6.40. The number of carboxylic acid groups (broad SMARTS) is 1. The maximum Gasteiger partial charge on any atom is 0.304 e. The summed E-state index contributed by atoms with van der Waals surface area (Å²) >= 11 is 0. The number of nitrogens with zero attached hydrogens (tertiary/aromatic N) is 1. The molecular formula is C15H23NO2. The van der Waals surface area contributed by atoms with Crippen LogP contribution in [-0.2, 0) is 11.2 Å². The Morgan fingerprint density at radius 2 is 1.89 bits per heavy atom. The van der Waals surface area contributed by atoms with Gasteiger partial charge in [-0.15, -0.1) is 0 Å². The van der Waals surface area contributed by atoms with Crippen molar-refractivity contribution in [1.82, 2.24) is 4.90 Å². The van der Waals surface area contributed by atoms with E-state index in [1.165, 1.54) is 5.56 Å². The first-order valence-electron chi connectivity index (χ1n) is 6.56. The first-order valence-corrected chi connectivity index (χ1v) is 6.56. The van der Waals surface area contributed by atoms with E-state index in [0.717, 1.165) is 19.5 Å². The van der Waals surface area contributed by atoms with Gasteiger partial charge in [0.1, 0.15) is 0 Å². The second-order valence-electron chi connectivity index (χ2n) is 5.07. The Morgan fingerprint density at radius 1 is 1.22 bits per heavy atom. The standard InChI is InChI=1S/C15H23NO2/c1-13(2)12-16(11-9-15(17)18)10-8-14-6-4-3-5-7-14/h3-7,13H,8-12H2,1-2H3,(H,17,18). The van der Waals surface area contributed by atoms with Crippen molar-refractivity contribution in [2.45, 2.75) is 26.7 Å².